The second kappa shape index (κ2) is 3.97. The van der Waals surface area contributed by atoms with Gasteiger partial charge < -0.3 is 9.84 Å². The number of nitrogens with zero attached hydrogens (tertiary/aromatic N) is 1. The van der Waals surface area contributed by atoms with Crippen molar-refractivity contribution in [3.63, 3.8) is 0 Å². The number of phenols is 1. The summed E-state index contributed by atoms with van der Waals surface area (Å²) < 4.78 is 18.2. The highest BCUT2D eigenvalue weighted by atomic mass is 19.1. The summed E-state index contributed by atoms with van der Waals surface area (Å²) in [5.41, 5.74) is 0.792. The fraction of sp³-hybridized carbons (Fsp3) is 0.300. The fourth-order valence-corrected chi connectivity index (χ4v) is 1.30. The molecular weight excluding hydrogens is 185 g/mol. The molecule has 1 aromatic carbocycles. The Bertz CT molecular complexity index is 396. The monoisotopic (exact) mass is 195 g/mol. The molecule has 0 unspecified atom stereocenters. The van der Waals surface area contributed by atoms with Crippen molar-refractivity contribution in [3.05, 3.63) is 23.0 Å². The second-order valence-corrected chi connectivity index (χ2v) is 2.88. The van der Waals surface area contributed by atoms with Crippen molar-refractivity contribution < 1.29 is 14.2 Å². The number of hydrogen-bond donors (Lipinski definition) is 1. The van der Waals surface area contributed by atoms with Crippen LogP contribution < -0.4 is 4.74 Å². The minimum absolute atomic E-state index is 0.0653. The summed E-state index contributed by atoms with van der Waals surface area (Å²) in [6.45, 7) is 1.68. The zero-order valence-electron chi connectivity index (χ0n) is 7.97. The van der Waals surface area contributed by atoms with Crippen LogP contribution in [0.2, 0.25) is 0 Å². The van der Waals surface area contributed by atoms with Crippen molar-refractivity contribution >= 4 is 0 Å². The number of nitriles is 1. The third kappa shape index (κ3) is 1.62. The number of aromatic hydroxyl groups is 1. The lowest BCUT2D eigenvalue weighted by atomic mass is 10.1. The molecule has 1 rings (SSSR count). The van der Waals surface area contributed by atoms with Gasteiger partial charge in [-0.05, 0) is 18.6 Å². The minimum atomic E-state index is -0.783. The van der Waals surface area contributed by atoms with Crippen LogP contribution in [-0.2, 0) is 6.42 Å². The van der Waals surface area contributed by atoms with Crippen LogP contribution in [0.15, 0.2) is 6.07 Å². The predicted molar refractivity (Wildman–Crippen MR) is 48.7 cm³/mol. The van der Waals surface area contributed by atoms with E-state index < -0.39 is 11.6 Å². The van der Waals surface area contributed by atoms with E-state index in [1.807, 2.05) is 6.07 Å². The van der Waals surface area contributed by atoms with E-state index in [1.165, 1.54) is 13.2 Å². The number of hydrogen-bond acceptors (Lipinski definition) is 3. The summed E-state index contributed by atoms with van der Waals surface area (Å²) >= 11 is 0. The van der Waals surface area contributed by atoms with Crippen LogP contribution in [0.3, 0.4) is 0 Å². The first-order valence-corrected chi connectivity index (χ1v) is 4.03. The third-order valence-electron chi connectivity index (χ3n) is 1.93. The highest BCUT2D eigenvalue weighted by molar-refractivity contribution is 5.49. The lowest BCUT2D eigenvalue weighted by Gasteiger charge is -2.09. The van der Waals surface area contributed by atoms with Gasteiger partial charge >= 0.3 is 0 Å². The quantitative estimate of drug-likeness (QED) is 0.784. The number of phenolic OH excluding ortho intramolecular Hbond substituents is 1. The number of halogens is 1. The summed E-state index contributed by atoms with van der Waals surface area (Å²) in [4.78, 5) is 0. The van der Waals surface area contributed by atoms with Gasteiger partial charge in [-0.1, -0.05) is 0 Å². The fourth-order valence-electron chi connectivity index (χ4n) is 1.30. The average molecular weight is 195 g/mol. The van der Waals surface area contributed by atoms with Crippen molar-refractivity contribution in [2.24, 2.45) is 0 Å². The average Bonchev–Trinajstić information content (AvgIpc) is 2.15. The Labute approximate surface area is 81.4 Å². The Morgan fingerprint density at radius 3 is 2.79 bits per heavy atom. The Morgan fingerprint density at radius 2 is 2.29 bits per heavy atom. The van der Waals surface area contributed by atoms with Gasteiger partial charge in [-0.2, -0.15) is 5.26 Å². The van der Waals surface area contributed by atoms with Gasteiger partial charge in [0.1, 0.15) is 0 Å². The molecule has 1 aromatic rings. The van der Waals surface area contributed by atoms with Crippen molar-refractivity contribution in [1.29, 1.82) is 5.26 Å². The van der Waals surface area contributed by atoms with E-state index in [9.17, 15) is 9.50 Å². The first-order chi connectivity index (χ1) is 6.61. The first kappa shape index (κ1) is 10.3. The van der Waals surface area contributed by atoms with E-state index in [4.69, 9.17) is 10.00 Å². The normalized spacial score (nSPS) is 9.57. The summed E-state index contributed by atoms with van der Waals surface area (Å²) in [6.07, 6.45) is -0.0653. The molecule has 0 heterocycles. The third-order valence-corrected chi connectivity index (χ3v) is 1.93. The predicted octanol–water partition coefficient (Wildman–Crippen LogP) is 1.91. The number of aryl methyl sites for hydroxylation is 1. The largest absolute Gasteiger partial charge is 0.502 e. The van der Waals surface area contributed by atoms with Crippen LogP contribution in [0.4, 0.5) is 4.39 Å². The van der Waals surface area contributed by atoms with Gasteiger partial charge in [0.05, 0.1) is 19.6 Å². The Morgan fingerprint density at radius 1 is 1.64 bits per heavy atom. The maximum atomic E-state index is 13.3. The van der Waals surface area contributed by atoms with E-state index in [0.717, 1.165) is 0 Å². The molecule has 1 N–H and O–H groups in total. The molecule has 4 heteroatoms. The van der Waals surface area contributed by atoms with Crippen molar-refractivity contribution in [1.82, 2.24) is 0 Å². The van der Waals surface area contributed by atoms with Crippen molar-refractivity contribution in [2.75, 3.05) is 7.11 Å². The standard InChI is InChI=1S/C10H10FNO2/c1-6-5-7(3-4-12)8(11)9(13)10(6)14-2/h5,13H,3H2,1-2H3. The molecule has 0 bridgehead atoms. The molecule has 0 aliphatic rings. The molecule has 0 saturated carbocycles. The SMILES string of the molecule is COc1c(C)cc(CC#N)c(F)c1O. The molecule has 14 heavy (non-hydrogen) atoms. The van der Waals surface area contributed by atoms with Gasteiger partial charge in [-0.25, -0.2) is 4.39 Å². The van der Waals surface area contributed by atoms with Gasteiger partial charge in [0.25, 0.3) is 0 Å². The van der Waals surface area contributed by atoms with Gasteiger partial charge in [-0.3, -0.25) is 0 Å². The molecule has 0 fully saturated rings. The summed E-state index contributed by atoms with van der Waals surface area (Å²) in [5.74, 6) is -1.20. The minimum Gasteiger partial charge on any atom is -0.502 e. The molecule has 0 radical (unpaired) electrons. The molecule has 0 atom stereocenters. The maximum Gasteiger partial charge on any atom is 0.194 e. The van der Waals surface area contributed by atoms with E-state index in [-0.39, 0.29) is 17.7 Å². The van der Waals surface area contributed by atoms with Crippen LogP contribution >= 0.6 is 0 Å². The molecule has 0 aliphatic heterocycles. The smallest absolute Gasteiger partial charge is 0.194 e. The number of ether oxygens (including phenoxy) is 1. The number of rotatable bonds is 2. The second-order valence-electron chi connectivity index (χ2n) is 2.88. The van der Waals surface area contributed by atoms with Gasteiger partial charge in [0.2, 0.25) is 0 Å². The molecule has 0 aromatic heterocycles. The summed E-state index contributed by atoms with van der Waals surface area (Å²) in [5, 5.41) is 17.8. The molecule has 0 amide bonds. The van der Waals surface area contributed by atoms with E-state index in [1.54, 1.807) is 6.92 Å². The van der Waals surface area contributed by atoms with Crippen LogP contribution in [0.5, 0.6) is 11.5 Å². The van der Waals surface area contributed by atoms with Crippen molar-refractivity contribution in [3.8, 4) is 17.6 Å². The van der Waals surface area contributed by atoms with Crippen molar-refractivity contribution in [2.45, 2.75) is 13.3 Å². The molecule has 0 spiro atoms. The molecule has 74 valence electrons. The topological polar surface area (TPSA) is 53.2 Å². The first-order valence-electron chi connectivity index (χ1n) is 4.03. The lowest BCUT2D eigenvalue weighted by Crippen LogP contribution is -1.96. The Balaban J connectivity index is 3.34. The number of benzene rings is 1. The molecule has 0 aliphatic carbocycles. The zero-order chi connectivity index (χ0) is 10.7. The van der Waals surface area contributed by atoms with Crippen LogP contribution in [0, 0.1) is 24.1 Å². The van der Waals surface area contributed by atoms with Gasteiger partial charge in [-0.15, -0.1) is 0 Å². The highest BCUT2D eigenvalue weighted by Gasteiger charge is 2.15. The number of methoxy groups -OCH3 is 1. The highest BCUT2D eigenvalue weighted by Crippen LogP contribution is 2.34. The molecular formula is C10H10FNO2. The van der Waals surface area contributed by atoms with Crippen LogP contribution in [-0.4, -0.2) is 12.2 Å². The van der Waals surface area contributed by atoms with E-state index in [2.05, 4.69) is 0 Å². The van der Waals surface area contributed by atoms with Crippen LogP contribution in [0.25, 0.3) is 0 Å². The lowest BCUT2D eigenvalue weighted by molar-refractivity contribution is 0.353. The van der Waals surface area contributed by atoms with Crippen LogP contribution in [0.1, 0.15) is 11.1 Å². The zero-order valence-corrected chi connectivity index (χ0v) is 7.97. The Kier molecular flexibility index (Phi) is 2.92. The summed E-state index contributed by atoms with van der Waals surface area (Å²) in [7, 11) is 1.35. The summed E-state index contributed by atoms with van der Waals surface area (Å²) in [6, 6.07) is 3.32. The maximum absolute atomic E-state index is 13.3. The van der Waals surface area contributed by atoms with E-state index in [0.29, 0.717) is 5.56 Å². The van der Waals surface area contributed by atoms with Gasteiger partial charge in [0.15, 0.2) is 17.3 Å². The molecule has 3 nitrogen and oxygen atoms in total. The van der Waals surface area contributed by atoms with E-state index >= 15 is 0 Å². The Hall–Kier alpha value is -1.76. The van der Waals surface area contributed by atoms with Gasteiger partial charge in [0, 0.05) is 5.56 Å². The molecule has 0 saturated heterocycles.